The van der Waals surface area contributed by atoms with Crippen molar-refractivity contribution in [2.45, 2.75) is 31.2 Å². The number of hydrogen-bond donors (Lipinski definition) is 2. The first kappa shape index (κ1) is 11.0. The number of nitrogens with two attached hydrogens (primary N) is 1. The van der Waals surface area contributed by atoms with E-state index in [9.17, 15) is 0 Å². The molecule has 16 heavy (non-hydrogen) atoms. The van der Waals surface area contributed by atoms with Crippen LogP contribution in [0.25, 0.3) is 0 Å². The number of nitrogens with one attached hydrogen (secondary N) is 1. The van der Waals surface area contributed by atoms with Gasteiger partial charge in [0.15, 0.2) is 0 Å². The average molecular weight is 215 g/mol. The Morgan fingerprint density at radius 3 is 2.75 bits per heavy atom. The van der Waals surface area contributed by atoms with Gasteiger partial charge >= 0.3 is 0 Å². The van der Waals surface area contributed by atoms with E-state index < -0.39 is 0 Å². The molecular weight excluding hydrogens is 198 g/mol. The van der Waals surface area contributed by atoms with Crippen LogP contribution in [0.3, 0.4) is 0 Å². The van der Waals surface area contributed by atoms with Crippen LogP contribution in [-0.4, -0.2) is 12.1 Å². The molecule has 1 fully saturated rings. The Morgan fingerprint density at radius 1 is 1.38 bits per heavy atom. The quantitative estimate of drug-likeness (QED) is 0.812. The van der Waals surface area contributed by atoms with E-state index >= 15 is 0 Å². The van der Waals surface area contributed by atoms with Crippen LogP contribution in [0.2, 0.25) is 0 Å². The second kappa shape index (κ2) is 4.54. The van der Waals surface area contributed by atoms with Crippen LogP contribution >= 0.6 is 0 Å². The maximum Gasteiger partial charge on any atom is 0.0992 e. The van der Waals surface area contributed by atoms with Crippen molar-refractivity contribution in [2.24, 2.45) is 5.73 Å². The number of nitrogens with zero attached hydrogens (tertiary/aromatic N) is 1. The normalized spacial score (nSPS) is 18.0. The largest absolute Gasteiger partial charge is 0.378 e. The first-order chi connectivity index (χ1) is 7.78. The molecule has 1 saturated carbocycles. The van der Waals surface area contributed by atoms with Gasteiger partial charge in [-0.15, -0.1) is 0 Å². The predicted molar refractivity (Wildman–Crippen MR) is 65.0 cm³/mol. The lowest BCUT2D eigenvalue weighted by molar-refractivity contribution is 0.493. The number of hydrogen-bond acceptors (Lipinski definition) is 3. The molecule has 84 valence electrons. The molecule has 0 bridgehead atoms. The second-order valence-electron chi connectivity index (χ2n) is 4.51. The van der Waals surface area contributed by atoms with Crippen molar-refractivity contribution < 1.29 is 0 Å². The van der Waals surface area contributed by atoms with Crippen LogP contribution < -0.4 is 11.1 Å². The molecule has 2 rings (SSSR count). The van der Waals surface area contributed by atoms with Crippen LogP contribution in [0.15, 0.2) is 24.3 Å². The fourth-order valence-corrected chi connectivity index (χ4v) is 2.40. The zero-order chi connectivity index (χ0) is 11.4. The standard InChI is InChI=1S/C13H17N3/c14-9-11-4-3-5-12(8-11)16-13(10-15)6-1-2-7-13/h3-5,8,16H,1-2,6-7,10,15H2. The highest BCUT2D eigenvalue weighted by molar-refractivity contribution is 5.51. The van der Waals surface area contributed by atoms with Crippen LogP contribution in [0, 0.1) is 11.3 Å². The van der Waals surface area contributed by atoms with E-state index in [1.165, 1.54) is 12.8 Å². The first-order valence-electron chi connectivity index (χ1n) is 5.76. The van der Waals surface area contributed by atoms with Crippen molar-refractivity contribution in [1.82, 2.24) is 0 Å². The maximum absolute atomic E-state index is 8.84. The third kappa shape index (κ3) is 2.17. The van der Waals surface area contributed by atoms with Crippen molar-refractivity contribution in [3.05, 3.63) is 29.8 Å². The van der Waals surface area contributed by atoms with E-state index in [0.29, 0.717) is 12.1 Å². The highest BCUT2D eigenvalue weighted by Gasteiger charge is 2.31. The van der Waals surface area contributed by atoms with Gasteiger partial charge in [0, 0.05) is 17.8 Å². The molecule has 0 spiro atoms. The van der Waals surface area contributed by atoms with Crippen molar-refractivity contribution in [3.63, 3.8) is 0 Å². The third-order valence-electron chi connectivity index (χ3n) is 3.35. The average Bonchev–Trinajstić information content (AvgIpc) is 2.78. The monoisotopic (exact) mass is 215 g/mol. The van der Waals surface area contributed by atoms with E-state index in [1.54, 1.807) is 0 Å². The molecule has 1 aliphatic carbocycles. The molecule has 1 aromatic rings. The lowest BCUT2D eigenvalue weighted by Gasteiger charge is -2.30. The summed E-state index contributed by atoms with van der Waals surface area (Å²) in [5.74, 6) is 0. The Kier molecular flexibility index (Phi) is 3.12. The summed E-state index contributed by atoms with van der Waals surface area (Å²) < 4.78 is 0. The number of rotatable bonds is 3. The van der Waals surface area contributed by atoms with E-state index in [0.717, 1.165) is 18.5 Å². The summed E-state index contributed by atoms with van der Waals surface area (Å²) in [5, 5.41) is 12.3. The molecule has 0 atom stereocenters. The molecule has 0 unspecified atom stereocenters. The number of nitriles is 1. The number of benzene rings is 1. The summed E-state index contributed by atoms with van der Waals surface area (Å²) >= 11 is 0. The summed E-state index contributed by atoms with van der Waals surface area (Å²) in [6.07, 6.45) is 4.73. The van der Waals surface area contributed by atoms with Crippen molar-refractivity contribution >= 4 is 5.69 Å². The minimum absolute atomic E-state index is 0.0497. The summed E-state index contributed by atoms with van der Waals surface area (Å²) in [7, 11) is 0. The Bertz CT molecular complexity index is 400. The van der Waals surface area contributed by atoms with Gasteiger partial charge in [0.25, 0.3) is 0 Å². The smallest absolute Gasteiger partial charge is 0.0992 e. The van der Waals surface area contributed by atoms with Gasteiger partial charge in [-0.2, -0.15) is 5.26 Å². The zero-order valence-corrected chi connectivity index (χ0v) is 9.37. The summed E-state index contributed by atoms with van der Waals surface area (Å²) in [5.41, 5.74) is 7.61. The zero-order valence-electron chi connectivity index (χ0n) is 9.37. The molecule has 3 heteroatoms. The predicted octanol–water partition coefficient (Wildman–Crippen LogP) is 2.24. The summed E-state index contributed by atoms with van der Waals surface area (Å²) in [6, 6.07) is 9.75. The molecule has 1 aromatic carbocycles. The van der Waals surface area contributed by atoms with Gasteiger partial charge in [-0.3, -0.25) is 0 Å². The highest BCUT2D eigenvalue weighted by Crippen LogP contribution is 2.32. The van der Waals surface area contributed by atoms with Crippen LogP contribution in [0.5, 0.6) is 0 Å². The van der Waals surface area contributed by atoms with E-state index in [4.69, 9.17) is 11.0 Å². The van der Waals surface area contributed by atoms with Crippen molar-refractivity contribution in [2.75, 3.05) is 11.9 Å². The van der Waals surface area contributed by atoms with Gasteiger partial charge < -0.3 is 11.1 Å². The van der Waals surface area contributed by atoms with Gasteiger partial charge in [-0.25, -0.2) is 0 Å². The van der Waals surface area contributed by atoms with Crippen LogP contribution in [0.4, 0.5) is 5.69 Å². The van der Waals surface area contributed by atoms with Gasteiger partial charge in [0.2, 0.25) is 0 Å². The molecular formula is C13H17N3. The molecule has 0 heterocycles. The van der Waals surface area contributed by atoms with E-state index in [1.807, 2.05) is 24.3 Å². The van der Waals surface area contributed by atoms with Gasteiger partial charge in [-0.1, -0.05) is 18.9 Å². The fourth-order valence-electron chi connectivity index (χ4n) is 2.40. The van der Waals surface area contributed by atoms with E-state index in [-0.39, 0.29) is 5.54 Å². The van der Waals surface area contributed by atoms with Gasteiger partial charge in [-0.05, 0) is 31.0 Å². The molecule has 0 radical (unpaired) electrons. The third-order valence-corrected chi connectivity index (χ3v) is 3.35. The SMILES string of the molecule is N#Cc1cccc(NC2(CN)CCCC2)c1. The Hall–Kier alpha value is -1.53. The molecule has 0 saturated heterocycles. The topological polar surface area (TPSA) is 61.8 Å². The molecule has 0 aliphatic heterocycles. The summed E-state index contributed by atoms with van der Waals surface area (Å²) in [4.78, 5) is 0. The minimum atomic E-state index is 0.0497. The number of anilines is 1. The van der Waals surface area contributed by atoms with Crippen LogP contribution in [0.1, 0.15) is 31.2 Å². The Balaban J connectivity index is 2.16. The second-order valence-corrected chi connectivity index (χ2v) is 4.51. The van der Waals surface area contributed by atoms with E-state index in [2.05, 4.69) is 11.4 Å². The molecule has 1 aliphatic rings. The minimum Gasteiger partial charge on any atom is -0.378 e. The molecule has 0 aromatic heterocycles. The van der Waals surface area contributed by atoms with Gasteiger partial charge in [0.1, 0.15) is 0 Å². The van der Waals surface area contributed by atoms with Gasteiger partial charge in [0.05, 0.1) is 11.6 Å². The molecule has 3 N–H and O–H groups in total. The van der Waals surface area contributed by atoms with Crippen molar-refractivity contribution in [3.8, 4) is 6.07 Å². The fraction of sp³-hybridized carbons (Fsp3) is 0.462. The Morgan fingerprint density at radius 2 is 2.12 bits per heavy atom. The van der Waals surface area contributed by atoms with Crippen LogP contribution in [-0.2, 0) is 0 Å². The lowest BCUT2D eigenvalue weighted by atomic mass is 9.97. The first-order valence-corrected chi connectivity index (χ1v) is 5.76. The maximum atomic E-state index is 8.84. The molecule has 0 amide bonds. The highest BCUT2D eigenvalue weighted by atomic mass is 15.0. The lowest BCUT2D eigenvalue weighted by Crippen LogP contribution is -2.42. The molecule has 3 nitrogen and oxygen atoms in total. The summed E-state index contributed by atoms with van der Waals surface area (Å²) in [6.45, 7) is 0.657. The Labute approximate surface area is 96.3 Å². The van der Waals surface area contributed by atoms with Crippen molar-refractivity contribution in [1.29, 1.82) is 5.26 Å².